The zero-order chi connectivity index (χ0) is 14.0. The van der Waals surface area contributed by atoms with Crippen molar-refractivity contribution in [3.63, 3.8) is 0 Å². The molecule has 0 radical (unpaired) electrons. The summed E-state index contributed by atoms with van der Waals surface area (Å²) in [4.78, 5) is 9.94. The second kappa shape index (κ2) is 5.09. The van der Waals surface area contributed by atoms with E-state index >= 15 is 0 Å². The lowest BCUT2D eigenvalue weighted by molar-refractivity contribution is 0.254. The third-order valence-electron chi connectivity index (χ3n) is 2.98. The zero-order valence-corrected chi connectivity index (χ0v) is 12.1. The van der Waals surface area contributed by atoms with E-state index < -0.39 is 0 Å². The van der Waals surface area contributed by atoms with Gasteiger partial charge in [0.1, 0.15) is 0 Å². The van der Waals surface area contributed by atoms with Crippen LogP contribution in [0, 0.1) is 5.41 Å². The van der Waals surface area contributed by atoms with Crippen LogP contribution in [0.2, 0.25) is 0 Å². The summed E-state index contributed by atoms with van der Waals surface area (Å²) in [5.41, 5.74) is 8.58. The first kappa shape index (κ1) is 13.7. The molecule has 0 bridgehead atoms. The number of benzene rings is 1. The Labute approximate surface area is 114 Å². The molecule has 5 heteroatoms. The fraction of sp³-hybridized carbons (Fsp3) is 0.500. The number of nitrogens with zero attached hydrogens (tertiary/aromatic N) is 2. The number of nitrogen functional groups attached to an aromatic ring is 1. The molecule has 0 atom stereocenters. The number of hydrogen-bond acceptors (Lipinski definition) is 4. The molecule has 1 heterocycles. The Kier molecular flexibility index (Phi) is 3.66. The fourth-order valence-corrected chi connectivity index (χ4v) is 2.35. The molecule has 1 aromatic heterocycles. The summed E-state index contributed by atoms with van der Waals surface area (Å²) >= 11 is 0. The van der Waals surface area contributed by atoms with Gasteiger partial charge in [-0.25, -0.2) is 4.98 Å². The average molecular weight is 261 g/mol. The summed E-state index contributed by atoms with van der Waals surface area (Å²) in [5, 5.41) is 3.37. The van der Waals surface area contributed by atoms with E-state index in [1.165, 1.54) is 0 Å². The molecule has 0 saturated heterocycles. The van der Waals surface area contributed by atoms with Crippen LogP contribution in [0.15, 0.2) is 18.2 Å². The van der Waals surface area contributed by atoms with Crippen LogP contribution in [0.5, 0.6) is 0 Å². The van der Waals surface area contributed by atoms with Gasteiger partial charge in [-0.2, -0.15) is 0 Å². The monoisotopic (exact) mass is 261 g/mol. The molecule has 5 nitrogen and oxygen atoms in total. The maximum atomic E-state index is 5.76. The minimum atomic E-state index is 0.182. The molecule has 19 heavy (non-hydrogen) atoms. The first-order valence-electron chi connectivity index (χ1n) is 6.50. The smallest absolute Gasteiger partial charge is 0.201 e. The third kappa shape index (κ3) is 3.61. The Hall–Kier alpha value is -1.75. The van der Waals surface area contributed by atoms with Crippen molar-refractivity contribution in [2.45, 2.75) is 13.8 Å². The largest absolute Gasteiger partial charge is 0.399 e. The average Bonchev–Trinajstić information content (AvgIpc) is 2.66. The van der Waals surface area contributed by atoms with Crippen molar-refractivity contribution in [2.75, 3.05) is 38.2 Å². The van der Waals surface area contributed by atoms with Gasteiger partial charge in [0.2, 0.25) is 5.95 Å². The van der Waals surface area contributed by atoms with Gasteiger partial charge in [-0.05, 0) is 37.7 Å². The number of aromatic nitrogens is 2. The van der Waals surface area contributed by atoms with Gasteiger partial charge in [0.05, 0.1) is 11.0 Å². The predicted molar refractivity (Wildman–Crippen MR) is 81.3 cm³/mol. The van der Waals surface area contributed by atoms with Crippen LogP contribution in [0.3, 0.4) is 0 Å². The van der Waals surface area contributed by atoms with E-state index in [9.17, 15) is 0 Å². The fourth-order valence-electron chi connectivity index (χ4n) is 2.35. The highest BCUT2D eigenvalue weighted by molar-refractivity contribution is 5.80. The lowest BCUT2D eigenvalue weighted by Gasteiger charge is -2.28. The van der Waals surface area contributed by atoms with Gasteiger partial charge in [0, 0.05) is 18.8 Å². The van der Waals surface area contributed by atoms with Crippen molar-refractivity contribution in [1.29, 1.82) is 0 Å². The summed E-state index contributed by atoms with van der Waals surface area (Å²) in [7, 11) is 4.18. The number of H-pyrrole nitrogens is 1. The third-order valence-corrected chi connectivity index (χ3v) is 2.98. The maximum Gasteiger partial charge on any atom is 0.201 e. The van der Waals surface area contributed by atoms with Gasteiger partial charge < -0.3 is 20.9 Å². The van der Waals surface area contributed by atoms with Crippen molar-refractivity contribution in [1.82, 2.24) is 14.9 Å². The number of fused-ring (bicyclic) bond motifs is 1. The highest BCUT2D eigenvalue weighted by atomic mass is 15.1. The molecule has 0 unspecified atom stereocenters. The number of rotatable bonds is 5. The number of hydrogen-bond donors (Lipinski definition) is 3. The van der Waals surface area contributed by atoms with Crippen LogP contribution >= 0.6 is 0 Å². The van der Waals surface area contributed by atoms with Crippen LogP contribution in [-0.2, 0) is 0 Å². The number of anilines is 2. The lowest BCUT2D eigenvalue weighted by atomic mass is 9.93. The molecular weight excluding hydrogens is 238 g/mol. The molecular formula is C14H23N5. The topological polar surface area (TPSA) is 70.0 Å². The van der Waals surface area contributed by atoms with Crippen molar-refractivity contribution >= 4 is 22.7 Å². The van der Waals surface area contributed by atoms with Gasteiger partial charge in [-0.15, -0.1) is 0 Å². The number of aromatic amines is 1. The molecule has 4 N–H and O–H groups in total. The Morgan fingerprint density at radius 2 is 2.11 bits per heavy atom. The summed E-state index contributed by atoms with van der Waals surface area (Å²) in [6.45, 7) is 6.36. The van der Waals surface area contributed by atoms with Gasteiger partial charge in [-0.3, -0.25) is 0 Å². The quantitative estimate of drug-likeness (QED) is 0.721. The van der Waals surface area contributed by atoms with Crippen molar-refractivity contribution < 1.29 is 0 Å². The van der Waals surface area contributed by atoms with Crippen LogP contribution in [0.1, 0.15) is 13.8 Å². The van der Waals surface area contributed by atoms with Crippen molar-refractivity contribution in [3.8, 4) is 0 Å². The normalized spacial score (nSPS) is 12.3. The van der Waals surface area contributed by atoms with Gasteiger partial charge in [0.25, 0.3) is 0 Å². The second-order valence-electron chi connectivity index (χ2n) is 6.12. The molecule has 2 aromatic rings. The molecule has 0 aliphatic heterocycles. The molecule has 0 spiro atoms. The van der Waals surface area contributed by atoms with E-state index in [1.54, 1.807) is 0 Å². The summed E-state index contributed by atoms with van der Waals surface area (Å²) < 4.78 is 0. The molecule has 0 fully saturated rings. The zero-order valence-electron chi connectivity index (χ0n) is 12.1. The molecule has 2 rings (SSSR count). The summed E-state index contributed by atoms with van der Waals surface area (Å²) in [5.74, 6) is 0.799. The number of nitrogens with two attached hydrogens (primary N) is 1. The van der Waals surface area contributed by atoms with E-state index in [4.69, 9.17) is 5.73 Å². The highest BCUT2D eigenvalue weighted by Crippen LogP contribution is 2.20. The molecule has 0 saturated carbocycles. The van der Waals surface area contributed by atoms with E-state index in [-0.39, 0.29) is 5.41 Å². The lowest BCUT2D eigenvalue weighted by Crippen LogP contribution is -2.34. The van der Waals surface area contributed by atoms with Crippen LogP contribution < -0.4 is 11.1 Å². The minimum absolute atomic E-state index is 0.182. The first-order chi connectivity index (χ1) is 8.85. The van der Waals surface area contributed by atoms with Crippen LogP contribution in [0.4, 0.5) is 11.6 Å². The molecule has 0 aliphatic carbocycles. The Balaban J connectivity index is 2.05. The van der Waals surface area contributed by atoms with E-state index in [1.807, 2.05) is 18.2 Å². The Morgan fingerprint density at radius 1 is 1.37 bits per heavy atom. The molecule has 0 amide bonds. The summed E-state index contributed by atoms with van der Waals surface area (Å²) in [6, 6.07) is 5.69. The van der Waals surface area contributed by atoms with Crippen molar-refractivity contribution in [3.05, 3.63) is 18.2 Å². The second-order valence-corrected chi connectivity index (χ2v) is 6.12. The minimum Gasteiger partial charge on any atom is -0.399 e. The van der Waals surface area contributed by atoms with Gasteiger partial charge in [-0.1, -0.05) is 13.8 Å². The van der Waals surface area contributed by atoms with Gasteiger partial charge >= 0.3 is 0 Å². The summed E-state index contributed by atoms with van der Waals surface area (Å²) in [6.07, 6.45) is 0. The molecule has 1 aromatic carbocycles. The first-order valence-corrected chi connectivity index (χ1v) is 6.50. The predicted octanol–water partition coefficient (Wildman–Crippen LogP) is 2.14. The maximum absolute atomic E-state index is 5.76. The molecule has 104 valence electrons. The number of imidazole rings is 1. The van der Waals surface area contributed by atoms with E-state index in [0.717, 1.165) is 35.8 Å². The number of nitrogens with one attached hydrogen (secondary N) is 2. The van der Waals surface area contributed by atoms with Crippen molar-refractivity contribution in [2.24, 2.45) is 5.41 Å². The van der Waals surface area contributed by atoms with E-state index in [0.29, 0.717) is 0 Å². The Bertz CT molecular complexity index is 556. The SMILES string of the molecule is CN(C)CC(C)(C)CNc1nc2ccc(N)cc2[nH]1. The Morgan fingerprint density at radius 3 is 2.79 bits per heavy atom. The van der Waals surface area contributed by atoms with E-state index in [2.05, 4.69) is 48.1 Å². The standard InChI is InChI=1S/C14H23N5/c1-14(2,9-19(3)4)8-16-13-17-11-6-5-10(15)7-12(11)18-13/h5-7H,8-9,15H2,1-4H3,(H2,16,17,18). The molecule has 0 aliphatic rings. The van der Waals surface area contributed by atoms with Gasteiger partial charge in [0.15, 0.2) is 0 Å². The van der Waals surface area contributed by atoms with Crippen LogP contribution in [0.25, 0.3) is 11.0 Å². The van der Waals surface area contributed by atoms with Crippen LogP contribution in [-0.4, -0.2) is 42.1 Å². The highest BCUT2D eigenvalue weighted by Gasteiger charge is 2.19.